The lowest BCUT2D eigenvalue weighted by Crippen LogP contribution is -2.36. The van der Waals surface area contributed by atoms with Gasteiger partial charge in [0.2, 0.25) is 11.6 Å². The van der Waals surface area contributed by atoms with Crippen molar-refractivity contribution in [1.29, 1.82) is 0 Å². The van der Waals surface area contributed by atoms with Crippen LogP contribution in [0.25, 0.3) is 0 Å². The third kappa shape index (κ3) is 17.5. The molecule has 2 aliphatic rings. The second-order valence-corrected chi connectivity index (χ2v) is 24.2. The number of aliphatic hydroxyl groups excluding tert-OH is 1. The Labute approximate surface area is 353 Å². The molecule has 0 saturated heterocycles. The number of rotatable bonds is 16. The molecule has 0 bridgehead atoms. The van der Waals surface area contributed by atoms with Gasteiger partial charge in [-0.25, -0.2) is 0 Å². The SMILES string of the molecule is Cc1ncc(CNCCP(=O)(O)O)c(CO)c1O.Cc1ncc(CNCCP(C)(=O)O)c2c1OC(C)(C)OC2.Cc1ncc(CNCCP(C)(C)=O)c2c1OC(C)(C)OC2. The smallest absolute Gasteiger partial charge is 0.326 e. The van der Waals surface area contributed by atoms with E-state index in [1.54, 1.807) is 13.1 Å². The molecule has 60 heavy (non-hydrogen) atoms. The maximum atomic E-state index is 11.7. The number of aliphatic hydroxyl groups is 1. The van der Waals surface area contributed by atoms with Gasteiger partial charge in [-0.3, -0.25) is 24.1 Å². The first kappa shape index (κ1) is 51.5. The topological polar surface area (TPSA) is 264 Å². The third-order valence-electron chi connectivity index (χ3n) is 9.28. The molecular weight excluding hydrogens is 837 g/mol. The highest BCUT2D eigenvalue weighted by Crippen LogP contribution is 2.38. The minimum absolute atomic E-state index is 0.0493. The van der Waals surface area contributed by atoms with Gasteiger partial charge in [-0.15, -0.1) is 0 Å². The van der Waals surface area contributed by atoms with E-state index in [1.165, 1.54) is 12.9 Å². The van der Waals surface area contributed by atoms with E-state index in [0.717, 1.165) is 51.7 Å². The predicted octanol–water partition coefficient (Wildman–Crippen LogP) is 4.63. The molecule has 2 aliphatic heterocycles. The molecule has 0 radical (unpaired) electrons. The minimum atomic E-state index is -4.00. The van der Waals surface area contributed by atoms with Crippen LogP contribution in [0.15, 0.2) is 18.6 Å². The van der Waals surface area contributed by atoms with Crippen molar-refractivity contribution in [1.82, 2.24) is 30.9 Å². The van der Waals surface area contributed by atoms with Crippen molar-refractivity contribution in [3.8, 4) is 17.2 Å². The minimum Gasteiger partial charge on any atom is -0.506 e. The summed E-state index contributed by atoms with van der Waals surface area (Å²) in [4.78, 5) is 39.3. The molecule has 5 rings (SSSR count). The molecule has 0 fully saturated rings. The zero-order chi connectivity index (χ0) is 45.1. The van der Waals surface area contributed by atoms with Crippen molar-refractivity contribution in [3.05, 3.63) is 69.1 Å². The molecule has 18 nitrogen and oxygen atoms in total. The summed E-state index contributed by atoms with van der Waals surface area (Å²) in [6.07, 6.45) is 5.89. The number of fused-ring (bicyclic) bond motifs is 2. The Morgan fingerprint density at radius 1 is 0.650 bits per heavy atom. The van der Waals surface area contributed by atoms with Crippen LogP contribution in [0.1, 0.15) is 78.2 Å². The summed E-state index contributed by atoms with van der Waals surface area (Å²) < 4.78 is 56.7. The van der Waals surface area contributed by atoms with Crippen molar-refractivity contribution in [2.24, 2.45) is 0 Å². The average Bonchev–Trinajstić information content (AvgIpc) is 3.12. The number of hydrogen-bond acceptors (Lipinski definition) is 15. The Kier molecular flexibility index (Phi) is 18.9. The van der Waals surface area contributed by atoms with E-state index in [9.17, 15) is 23.7 Å². The Hall–Kier alpha value is -2.82. The lowest BCUT2D eigenvalue weighted by molar-refractivity contribution is -0.181. The van der Waals surface area contributed by atoms with Crippen LogP contribution in [0.3, 0.4) is 0 Å². The highest BCUT2D eigenvalue weighted by atomic mass is 31.2. The maximum Gasteiger partial charge on any atom is 0.326 e. The van der Waals surface area contributed by atoms with Crippen LogP contribution in [0.5, 0.6) is 17.2 Å². The van der Waals surface area contributed by atoms with Crippen LogP contribution in [-0.4, -0.2) is 110 Å². The van der Waals surface area contributed by atoms with Crippen LogP contribution < -0.4 is 25.4 Å². The van der Waals surface area contributed by atoms with Gasteiger partial charge < -0.3 is 64.4 Å². The molecule has 338 valence electrons. The normalized spacial score (nSPS) is 16.4. The van der Waals surface area contributed by atoms with E-state index in [0.29, 0.717) is 55.8 Å². The van der Waals surface area contributed by atoms with E-state index >= 15 is 0 Å². The van der Waals surface area contributed by atoms with Gasteiger partial charge in [0.25, 0.3) is 0 Å². The lowest BCUT2D eigenvalue weighted by Gasteiger charge is -2.34. The molecule has 0 saturated carbocycles. The van der Waals surface area contributed by atoms with E-state index in [1.807, 2.05) is 61.1 Å². The second kappa shape index (κ2) is 22.0. The van der Waals surface area contributed by atoms with Crippen molar-refractivity contribution in [3.63, 3.8) is 0 Å². The molecule has 0 aromatic carbocycles. The van der Waals surface area contributed by atoms with Gasteiger partial charge in [-0.2, -0.15) is 0 Å². The van der Waals surface area contributed by atoms with E-state index in [4.69, 9.17) is 33.8 Å². The molecule has 8 N–H and O–H groups in total. The number of nitrogens with one attached hydrogen (secondary N) is 3. The quantitative estimate of drug-likeness (QED) is 0.0720. The zero-order valence-electron chi connectivity index (χ0n) is 36.5. The zero-order valence-corrected chi connectivity index (χ0v) is 39.2. The number of aromatic hydroxyl groups is 1. The van der Waals surface area contributed by atoms with Crippen molar-refractivity contribution in [2.75, 3.05) is 58.1 Å². The number of ether oxygens (including phenoxy) is 4. The fourth-order valence-corrected chi connectivity index (χ4v) is 7.55. The summed E-state index contributed by atoms with van der Waals surface area (Å²) in [7, 11) is -8.92. The van der Waals surface area contributed by atoms with Crippen molar-refractivity contribution in [2.45, 2.75) is 99.5 Å². The first-order valence-electron chi connectivity index (χ1n) is 19.6. The highest BCUT2D eigenvalue weighted by molar-refractivity contribution is 7.62. The monoisotopic (exact) mass is 902 g/mol. The van der Waals surface area contributed by atoms with Crippen LogP contribution in [0.2, 0.25) is 0 Å². The molecule has 5 heterocycles. The van der Waals surface area contributed by atoms with E-state index in [-0.39, 0.29) is 37.8 Å². The summed E-state index contributed by atoms with van der Waals surface area (Å²) >= 11 is 0. The number of nitrogens with zero attached hydrogens (tertiary/aromatic N) is 3. The van der Waals surface area contributed by atoms with Crippen LogP contribution in [0, 0.1) is 20.8 Å². The molecule has 0 amide bonds. The Morgan fingerprint density at radius 2 is 1.05 bits per heavy atom. The summed E-state index contributed by atoms with van der Waals surface area (Å²) in [6.45, 7) is 21.6. The Bertz CT molecular complexity index is 1950. The fourth-order valence-electron chi connectivity index (χ4n) is 5.83. The molecule has 1 unspecified atom stereocenters. The Balaban J connectivity index is 0.000000241. The molecule has 3 aromatic heterocycles. The summed E-state index contributed by atoms with van der Waals surface area (Å²) in [5, 5.41) is 28.2. The van der Waals surface area contributed by atoms with Crippen LogP contribution in [-0.2, 0) is 62.6 Å². The molecule has 0 aliphatic carbocycles. The summed E-state index contributed by atoms with van der Waals surface area (Å²) in [6, 6.07) is 0. The number of pyridine rings is 3. The molecule has 1 atom stereocenters. The van der Waals surface area contributed by atoms with Crippen molar-refractivity contribution < 1.29 is 57.5 Å². The number of aromatic nitrogens is 3. The Morgan fingerprint density at radius 3 is 1.47 bits per heavy atom. The molecule has 21 heteroatoms. The van der Waals surface area contributed by atoms with Gasteiger partial charge in [-0.1, -0.05) is 0 Å². The van der Waals surface area contributed by atoms with Gasteiger partial charge in [0.05, 0.1) is 50.2 Å². The van der Waals surface area contributed by atoms with Gasteiger partial charge in [0, 0.05) is 121 Å². The number of aryl methyl sites for hydroxylation is 3. The first-order valence-corrected chi connectivity index (χ1v) is 26.5. The summed E-state index contributed by atoms with van der Waals surface area (Å²) in [5.74, 6) is 0.322. The molecular formula is C39H65N6O12P3. The van der Waals surface area contributed by atoms with E-state index < -0.39 is 33.7 Å². The average molecular weight is 903 g/mol. The van der Waals surface area contributed by atoms with Gasteiger partial charge >= 0.3 is 7.60 Å². The standard InChI is InChI=1S/C15H25N2O3P.C14H23N2O4P.C10H17N2O5P/c1-11-14-13(10-19-15(2,3)20-14)12(9-17-11)8-16-6-7-21(4,5)18;1-10-13-12(9-19-14(2,3)20-13)11(8-16-10)7-15-5-6-21(4,17)18;1-7-10(14)9(6-13)8(5-12-7)4-11-2-3-18(15,16)17/h9,16H,6-8,10H2,1-5H3;8,15H,5-7,9H2,1-4H3,(H,17,18);5,11,13-14H,2-4,6H2,1H3,(H2,15,16,17). The maximum absolute atomic E-state index is 11.7. The third-order valence-corrected chi connectivity index (χ3v) is 12.4. The van der Waals surface area contributed by atoms with Crippen LogP contribution in [0.4, 0.5) is 0 Å². The highest BCUT2D eigenvalue weighted by Gasteiger charge is 2.31. The lowest BCUT2D eigenvalue weighted by atomic mass is 10.1. The molecule has 0 spiro atoms. The largest absolute Gasteiger partial charge is 0.506 e. The molecule has 3 aromatic rings. The van der Waals surface area contributed by atoms with Gasteiger partial charge in [0.1, 0.15) is 17.2 Å². The predicted molar refractivity (Wildman–Crippen MR) is 230 cm³/mol. The second-order valence-electron chi connectivity index (χ2n) is 16.3. The van der Waals surface area contributed by atoms with Gasteiger partial charge in [-0.05, 0) is 50.8 Å². The van der Waals surface area contributed by atoms with E-state index in [2.05, 4.69) is 30.9 Å². The summed E-state index contributed by atoms with van der Waals surface area (Å²) in [5.41, 5.74) is 7.28. The first-order chi connectivity index (χ1) is 27.7. The van der Waals surface area contributed by atoms with Crippen LogP contribution >= 0.6 is 22.1 Å². The van der Waals surface area contributed by atoms with Crippen molar-refractivity contribution >= 4 is 22.1 Å². The van der Waals surface area contributed by atoms with Gasteiger partial charge in [0.15, 0.2) is 7.37 Å². The number of hydrogen-bond donors (Lipinski definition) is 8. The fraction of sp³-hybridized carbons (Fsp3) is 0.615.